The van der Waals surface area contributed by atoms with Crippen LogP contribution >= 0.6 is 24.0 Å². The molecule has 0 aliphatic heterocycles. The summed E-state index contributed by atoms with van der Waals surface area (Å²) >= 11 is 0. The highest BCUT2D eigenvalue weighted by Crippen LogP contribution is 2.13. The van der Waals surface area contributed by atoms with Crippen LogP contribution in [-0.2, 0) is 6.42 Å². The van der Waals surface area contributed by atoms with E-state index in [1.807, 2.05) is 12.1 Å². The lowest BCUT2D eigenvalue weighted by atomic mass is 9.93. The molecular weight excluding hydrogens is 406 g/mol. The minimum absolute atomic E-state index is 0. The van der Waals surface area contributed by atoms with E-state index in [1.165, 1.54) is 6.07 Å². The van der Waals surface area contributed by atoms with Crippen LogP contribution in [0.1, 0.15) is 19.4 Å². The van der Waals surface area contributed by atoms with E-state index in [4.69, 9.17) is 0 Å². The predicted octanol–water partition coefficient (Wildman–Crippen LogP) is 2.74. The first kappa shape index (κ1) is 22.1. The number of aliphatic imine (C=N–C) groups is 1. The molecule has 0 saturated carbocycles. The summed E-state index contributed by atoms with van der Waals surface area (Å²) in [5.41, 5.74) is 0.866. The summed E-state index contributed by atoms with van der Waals surface area (Å²) in [6, 6.07) is 6.87. The quantitative estimate of drug-likeness (QED) is 0.393. The van der Waals surface area contributed by atoms with Crippen LogP contribution in [0.5, 0.6) is 0 Å². The Morgan fingerprint density at radius 2 is 1.87 bits per heavy atom. The average molecular weight is 436 g/mol. The lowest BCUT2D eigenvalue weighted by molar-refractivity contribution is 0.241. The second-order valence-corrected chi connectivity index (χ2v) is 6.60. The zero-order chi connectivity index (χ0) is 16.6. The minimum Gasteiger partial charge on any atom is -0.356 e. The number of hydrogen-bond donors (Lipinski definition) is 2. The first-order valence-electron chi connectivity index (χ1n) is 7.67. The number of nitrogens with zero attached hydrogens (tertiary/aromatic N) is 2. The maximum atomic E-state index is 13.5. The largest absolute Gasteiger partial charge is 0.356 e. The van der Waals surface area contributed by atoms with Crippen molar-refractivity contribution in [2.75, 3.05) is 40.8 Å². The number of nitrogens with one attached hydrogen (secondary N) is 2. The number of halogens is 2. The van der Waals surface area contributed by atoms with E-state index >= 15 is 0 Å². The zero-order valence-electron chi connectivity index (χ0n) is 14.8. The number of rotatable bonds is 7. The number of guanidine groups is 1. The summed E-state index contributed by atoms with van der Waals surface area (Å²) in [7, 11) is 5.89. The van der Waals surface area contributed by atoms with Crippen LogP contribution in [0.15, 0.2) is 29.3 Å². The summed E-state index contributed by atoms with van der Waals surface area (Å²) < 4.78 is 13.5. The fraction of sp³-hybridized carbons (Fsp3) is 0.588. The normalized spacial score (nSPS) is 12.0. The predicted molar refractivity (Wildman–Crippen MR) is 107 cm³/mol. The van der Waals surface area contributed by atoms with Crippen molar-refractivity contribution in [2.45, 2.75) is 20.3 Å². The minimum atomic E-state index is -0.153. The van der Waals surface area contributed by atoms with Gasteiger partial charge in [0.1, 0.15) is 5.82 Å². The highest BCUT2D eigenvalue weighted by atomic mass is 127. The lowest BCUT2D eigenvalue weighted by Gasteiger charge is -2.29. The van der Waals surface area contributed by atoms with Crippen molar-refractivity contribution < 1.29 is 4.39 Å². The van der Waals surface area contributed by atoms with Gasteiger partial charge in [-0.05, 0) is 37.6 Å². The fourth-order valence-electron chi connectivity index (χ4n) is 2.47. The Bertz CT molecular complexity index is 489. The maximum absolute atomic E-state index is 13.5. The molecule has 0 radical (unpaired) electrons. The molecule has 0 heterocycles. The molecule has 0 aromatic heterocycles. The molecule has 0 bridgehead atoms. The first-order chi connectivity index (χ1) is 10.3. The van der Waals surface area contributed by atoms with E-state index in [0.717, 1.165) is 24.6 Å². The summed E-state index contributed by atoms with van der Waals surface area (Å²) in [5, 5.41) is 6.56. The Labute approximate surface area is 157 Å². The van der Waals surface area contributed by atoms with Gasteiger partial charge in [-0.3, -0.25) is 4.99 Å². The summed E-state index contributed by atoms with van der Waals surface area (Å²) in [6.07, 6.45) is 0.633. The molecule has 132 valence electrons. The first-order valence-corrected chi connectivity index (χ1v) is 7.67. The highest BCUT2D eigenvalue weighted by Gasteiger charge is 2.19. The fourth-order valence-corrected chi connectivity index (χ4v) is 2.47. The van der Waals surface area contributed by atoms with Gasteiger partial charge in [-0.2, -0.15) is 0 Å². The molecule has 0 aliphatic rings. The van der Waals surface area contributed by atoms with Crippen LogP contribution in [-0.4, -0.2) is 51.6 Å². The Balaban J connectivity index is 0.00000484. The Morgan fingerprint density at radius 1 is 1.22 bits per heavy atom. The molecule has 0 fully saturated rings. The summed E-state index contributed by atoms with van der Waals surface area (Å²) in [5.74, 6) is 0.600. The van der Waals surface area contributed by atoms with Gasteiger partial charge in [0, 0.05) is 26.7 Å². The van der Waals surface area contributed by atoms with Gasteiger partial charge >= 0.3 is 0 Å². The van der Waals surface area contributed by atoms with Crippen LogP contribution in [0.3, 0.4) is 0 Å². The van der Waals surface area contributed by atoms with E-state index in [2.05, 4.69) is 48.5 Å². The summed E-state index contributed by atoms with van der Waals surface area (Å²) in [4.78, 5) is 6.39. The van der Waals surface area contributed by atoms with Gasteiger partial charge in [0.05, 0.1) is 0 Å². The molecule has 0 unspecified atom stereocenters. The van der Waals surface area contributed by atoms with Crippen molar-refractivity contribution in [1.82, 2.24) is 15.5 Å². The molecule has 23 heavy (non-hydrogen) atoms. The standard InChI is InChI=1S/C17H29FN4.HI/c1-17(2,13-22(4)5)12-21-16(19-3)20-11-10-14-8-6-7-9-15(14)18;/h6-9H,10-13H2,1-5H3,(H2,19,20,21);1H. The molecule has 6 heteroatoms. The summed E-state index contributed by atoms with van der Waals surface area (Å²) in [6.45, 7) is 6.89. The van der Waals surface area contributed by atoms with Crippen LogP contribution in [0.25, 0.3) is 0 Å². The highest BCUT2D eigenvalue weighted by molar-refractivity contribution is 14.0. The van der Waals surface area contributed by atoms with Crippen molar-refractivity contribution in [2.24, 2.45) is 10.4 Å². The van der Waals surface area contributed by atoms with Crippen molar-refractivity contribution in [1.29, 1.82) is 0 Å². The topological polar surface area (TPSA) is 39.7 Å². The number of hydrogen-bond acceptors (Lipinski definition) is 2. The molecule has 0 amide bonds. The molecule has 0 spiro atoms. The zero-order valence-corrected chi connectivity index (χ0v) is 17.1. The van der Waals surface area contributed by atoms with E-state index in [9.17, 15) is 4.39 Å². The van der Waals surface area contributed by atoms with E-state index < -0.39 is 0 Å². The Kier molecular flexibility index (Phi) is 10.4. The molecule has 1 rings (SSSR count). The molecule has 1 aromatic carbocycles. The van der Waals surface area contributed by atoms with Crippen molar-refractivity contribution in [3.05, 3.63) is 35.6 Å². The second-order valence-electron chi connectivity index (χ2n) is 6.60. The lowest BCUT2D eigenvalue weighted by Crippen LogP contribution is -2.45. The third kappa shape index (κ3) is 9.10. The Hall–Kier alpha value is -0.890. The van der Waals surface area contributed by atoms with Gasteiger partial charge in [0.2, 0.25) is 0 Å². The average Bonchev–Trinajstić information content (AvgIpc) is 2.43. The third-order valence-electron chi connectivity index (χ3n) is 3.35. The number of benzene rings is 1. The molecule has 4 nitrogen and oxygen atoms in total. The van der Waals surface area contributed by atoms with E-state index in [0.29, 0.717) is 13.0 Å². The smallest absolute Gasteiger partial charge is 0.191 e. The van der Waals surface area contributed by atoms with Gasteiger partial charge in [-0.15, -0.1) is 24.0 Å². The van der Waals surface area contributed by atoms with Crippen LogP contribution < -0.4 is 10.6 Å². The van der Waals surface area contributed by atoms with Crippen molar-refractivity contribution in [3.8, 4) is 0 Å². The van der Waals surface area contributed by atoms with Gasteiger partial charge in [-0.25, -0.2) is 4.39 Å². The molecule has 1 aromatic rings. The third-order valence-corrected chi connectivity index (χ3v) is 3.35. The Morgan fingerprint density at radius 3 is 2.43 bits per heavy atom. The van der Waals surface area contributed by atoms with Gasteiger partial charge in [-0.1, -0.05) is 32.0 Å². The molecule has 0 atom stereocenters. The van der Waals surface area contributed by atoms with Crippen LogP contribution in [0.2, 0.25) is 0 Å². The molecule has 0 aliphatic carbocycles. The molecule has 0 saturated heterocycles. The molecule has 2 N–H and O–H groups in total. The van der Waals surface area contributed by atoms with Crippen molar-refractivity contribution >= 4 is 29.9 Å². The van der Waals surface area contributed by atoms with Crippen molar-refractivity contribution in [3.63, 3.8) is 0 Å². The van der Waals surface area contributed by atoms with Crippen LogP contribution in [0.4, 0.5) is 4.39 Å². The molecular formula is C17H30FIN4. The van der Waals surface area contributed by atoms with Gasteiger partial charge in [0.25, 0.3) is 0 Å². The van der Waals surface area contributed by atoms with E-state index in [1.54, 1.807) is 13.1 Å². The van der Waals surface area contributed by atoms with Gasteiger partial charge < -0.3 is 15.5 Å². The second kappa shape index (κ2) is 10.8. The monoisotopic (exact) mass is 436 g/mol. The van der Waals surface area contributed by atoms with E-state index in [-0.39, 0.29) is 35.2 Å². The SMILES string of the molecule is CN=C(NCCc1ccccc1F)NCC(C)(C)CN(C)C.I. The van der Waals surface area contributed by atoms with Crippen LogP contribution in [0, 0.1) is 11.2 Å². The maximum Gasteiger partial charge on any atom is 0.191 e. The van der Waals surface area contributed by atoms with Gasteiger partial charge in [0.15, 0.2) is 5.96 Å².